The Morgan fingerprint density at radius 2 is 1.88 bits per heavy atom. The third kappa shape index (κ3) is 3.79. The van der Waals surface area contributed by atoms with Gasteiger partial charge in [0.2, 0.25) is 0 Å². The number of carbonyl (C=O) groups excluding carboxylic acids is 2. The number of nitrogens with zero attached hydrogens (tertiary/aromatic N) is 2. The van der Waals surface area contributed by atoms with Crippen LogP contribution in [0.2, 0.25) is 5.02 Å². The second-order valence-corrected chi connectivity index (χ2v) is 6.75. The zero-order valence-corrected chi connectivity index (χ0v) is 15.6. The van der Waals surface area contributed by atoms with Crippen LogP contribution in [0, 0.1) is 0 Å². The maximum Gasteiger partial charge on any atom is 0.325 e. The fourth-order valence-electron chi connectivity index (χ4n) is 2.36. The van der Waals surface area contributed by atoms with E-state index in [1.807, 2.05) is 0 Å². The van der Waals surface area contributed by atoms with E-state index >= 15 is 0 Å². The molecule has 1 amide bonds. The van der Waals surface area contributed by atoms with Gasteiger partial charge in [-0.1, -0.05) is 22.9 Å². The molecule has 0 spiro atoms. The largest absolute Gasteiger partial charge is 0.497 e. The van der Waals surface area contributed by atoms with Crippen LogP contribution < -0.4 is 9.54 Å². The lowest BCUT2D eigenvalue weighted by Crippen LogP contribution is -2.22. The van der Waals surface area contributed by atoms with Crippen LogP contribution in [0.5, 0.6) is 5.75 Å². The van der Waals surface area contributed by atoms with Crippen LogP contribution in [-0.4, -0.2) is 30.7 Å². The van der Waals surface area contributed by atoms with E-state index in [0.29, 0.717) is 21.1 Å². The minimum Gasteiger partial charge on any atom is -0.497 e. The van der Waals surface area contributed by atoms with Gasteiger partial charge in [-0.2, -0.15) is 4.99 Å². The number of amides is 1. The number of aromatic nitrogens is 1. The van der Waals surface area contributed by atoms with Crippen molar-refractivity contribution >= 4 is 45.0 Å². The minimum absolute atomic E-state index is 0.0488. The second-order valence-electron chi connectivity index (χ2n) is 5.30. The summed E-state index contributed by atoms with van der Waals surface area (Å²) in [5.74, 6) is -0.194. The number of thiazole rings is 1. The summed E-state index contributed by atoms with van der Waals surface area (Å²) in [6, 6.07) is 11.9. The van der Waals surface area contributed by atoms with E-state index in [1.165, 1.54) is 18.4 Å². The van der Waals surface area contributed by atoms with Crippen molar-refractivity contribution in [2.24, 2.45) is 4.99 Å². The van der Waals surface area contributed by atoms with Gasteiger partial charge in [0.15, 0.2) is 4.80 Å². The van der Waals surface area contributed by atoms with Gasteiger partial charge < -0.3 is 14.0 Å². The average Bonchev–Trinajstić information content (AvgIpc) is 2.97. The van der Waals surface area contributed by atoms with Gasteiger partial charge in [0.1, 0.15) is 12.3 Å². The summed E-state index contributed by atoms with van der Waals surface area (Å²) in [7, 11) is 2.87. The van der Waals surface area contributed by atoms with Crippen LogP contribution in [0.1, 0.15) is 10.4 Å². The van der Waals surface area contributed by atoms with Gasteiger partial charge in [-0.25, -0.2) is 0 Å². The van der Waals surface area contributed by atoms with E-state index in [9.17, 15) is 9.59 Å². The van der Waals surface area contributed by atoms with E-state index < -0.39 is 11.9 Å². The Labute approximate surface area is 158 Å². The quantitative estimate of drug-likeness (QED) is 0.641. The van der Waals surface area contributed by atoms with Crippen LogP contribution in [0.3, 0.4) is 0 Å². The maximum absolute atomic E-state index is 12.5. The molecule has 2 aromatic carbocycles. The summed E-state index contributed by atoms with van der Waals surface area (Å²) in [6.45, 7) is -0.0488. The predicted molar refractivity (Wildman–Crippen MR) is 99.7 cm³/mol. The lowest BCUT2D eigenvalue weighted by Gasteiger charge is -2.04. The number of ether oxygens (including phenoxy) is 2. The van der Waals surface area contributed by atoms with Crippen molar-refractivity contribution in [3.63, 3.8) is 0 Å². The van der Waals surface area contributed by atoms with Gasteiger partial charge in [0, 0.05) is 10.6 Å². The van der Waals surface area contributed by atoms with Crippen molar-refractivity contribution in [1.29, 1.82) is 0 Å². The molecule has 6 nitrogen and oxygen atoms in total. The Morgan fingerprint density at radius 3 is 2.54 bits per heavy atom. The molecule has 0 radical (unpaired) electrons. The topological polar surface area (TPSA) is 69.9 Å². The molecule has 0 aliphatic rings. The molecule has 134 valence electrons. The summed E-state index contributed by atoms with van der Waals surface area (Å²) in [5, 5.41) is 0.567. The molecule has 0 bridgehead atoms. The second kappa shape index (κ2) is 7.72. The van der Waals surface area contributed by atoms with Crippen LogP contribution in [-0.2, 0) is 16.1 Å². The molecule has 3 aromatic rings. The zero-order valence-electron chi connectivity index (χ0n) is 14.1. The summed E-state index contributed by atoms with van der Waals surface area (Å²) >= 11 is 7.32. The predicted octanol–water partition coefficient (Wildman–Crippen LogP) is 3.28. The standard InChI is InChI=1S/C18H15ClN2O4S/c1-24-13-6-3-11(4-7-13)17(23)20-18-21(10-16(22)25-2)14-8-5-12(19)9-15(14)26-18/h3-9H,10H2,1-2H3. The molecule has 1 aromatic heterocycles. The third-order valence-corrected chi connectivity index (χ3v) is 4.97. The number of benzene rings is 2. The summed E-state index contributed by atoms with van der Waals surface area (Å²) < 4.78 is 12.3. The smallest absolute Gasteiger partial charge is 0.325 e. The first-order valence-electron chi connectivity index (χ1n) is 7.60. The lowest BCUT2D eigenvalue weighted by molar-refractivity contribution is -0.141. The summed E-state index contributed by atoms with van der Waals surface area (Å²) in [4.78, 5) is 28.9. The Balaban J connectivity index is 2.09. The molecule has 1 heterocycles. The van der Waals surface area contributed by atoms with Crippen LogP contribution in [0.4, 0.5) is 0 Å². The van der Waals surface area contributed by atoms with Crippen LogP contribution in [0.15, 0.2) is 47.5 Å². The number of methoxy groups -OCH3 is 2. The molecule has 0 atom stereocenters. The molecule has 0 aliphatic heterocycles. The fraction of sp³-hybridized carbons (Fsp3) is 0.167. The monoisotopic (exact) mass is 390 g/mol. The molecule has 0 unspecified atom stereocenters. The highest BCUT2D eigenvalue weighted by Crippen LogP contribution is 2.22. The van der Waals surface area contributed by atoms with Gasteiger partial charge in [-0.15, -0.1) is 0 Å². The fourth-order valence-corrected chi connectivity index (χ4v) is 3.67. The SMILES string of the molecule is COC(=O)Cn1c(=NC(=O)c2ccc(OC)cc2)sc2cc(Cl)ccc21. The molecule has 26 heavy (non-hydrogen) atoms. The highest BCUT2D eigenvalue weighted by molar-refractivity contribution is 7.16. The maximum atomic E-state index is 12.5. The van der Waals surface area contributed by atoms with Gasteiger partial charge >= 0.3 is 5.97 Å². The molecule has 0 N–H and O–H groups in total. The molecule has 0 saturated carbocycles. The Kier molecular flexibility index (Phi) is 5.39. The normalized spacial score (nSPS) is 11.6. The summed E-state index contributed by atoms with van der Waals surface area (Å²) in [5.41, 5.74) is 1.18. The Morgan fingerprint density at radius 1 is 1.15 bits per heavy atom. The van der Waals surface area contributed by atoms with E-state index in [1.54, 1.807) is 54.1 Å². The number of fused-ring (bicyclic) bond motifs is 1. The highest BCUT2D eigenvalue weighted by atomic mass is 35.5. The van der Waals surface area contributed by atoms with E-state index in [4.69, 9.17) is 21.1 Å². The van der Waals surface area contributed by atoms with Gasteiger partial charge in [-0.3, -0.25) is 9.59 Å². The third-order valence-electron chi connectivity index (χ3n) is 3.69. The number of halogens is 1. The van der Waals surface area contributed by atoms with Crippen molar-refractivity contribution in [2.45, 2.75) is 6.54 Å². The van der Waals surface area contributed by atoms with E-state index in [2.05, 4.69) is 4.99 Å². The number of carbonyl (C=O) groups is 2. The number of rotatable bonds is 4. The molecule has 0 saturated heterocycles. The van der Waals surface area contributed by atoms with Crippen LogP contribution >= 0.6 is 22.9 Å². The molecule has 0 aliphatic carbocycles. The molecule has 0 fully saturated rings. The van der Waals surface area contributed by atoms with Crippen molar-refractivity contribution in [1.82, 2.24) is 4.57 Å². The molecular formula is C18H15ClN2O4S. The van der Waals surface area contributed by atoms with Gasteiger partial charge in [0.25, 0.3) is 5.91 Å². The van der Waals surface area contributed by atoms with Crippen molar-refractivity contribution in [2.75, 3.05) is 14.2 Å². The van der Waals surface area contributed by atoms with Gasteiger partial charge in [-0.05, 0) is 42.5 Å². The first kappa shape index (κ1) is 18.2. The number of hydrogen-bond acceptors (Lipinski definition) is 5. The van der Waals surface area contributed by atoms with E-state index in [-0.39, 0.29) is 6.54 Å². The van der Waals surface area contributed by atoms with Crippen molar-refractivity contribution < 1.29 is 19.1 Å². The zero-order chi connectivity index (χ0) is 18.7. The molecule has 3 rings (SSSR count). The number of esters is 1. The highest BCUT2D eigenvalue weighted by Gasteiger charge is 2.13. The lowest BCUT2D eigenvalue weighted by atomic mass is 10.2. The average molecular weight is 391 g/mol. The molecular weight excluding hydrogens is 376 g/mol. The van der Waals surface area contributed by atoms with Gasteiger partial charge in [0.05, 0.1) is 24.4 Å². The minimum atomic E-state index is -0.432. The number of hydrogen-bond donors (Lipinski definition) is 0. The first-order chi connectivity index (χ1) is 12.5. The van der Waals surface area contributed by atoms with Crippen LogP contribution in [0.25, 0.3) is 10.2 Å². The van der Waals surface area contributed by atoms with E-state index in [0.717, 1.165) is 10.2 Å². The molecule has 8 heteroatoms. The van der Waals surface area contributed by atoms with Crippen molar-refractivity contribution in [3.05, 3.63) is 57.9 Å². The first-order valence-corrected chi connectivity index (χ1v) is 8.80. The summed E-state index contributed by atoms with van der Waals surface area (Å²) in [6.07, 6.45) is 0. The van der Waals surface area contributed by atoms with Crippen molar-refractivity contribution in [3.8, 4) is 5.75 Å². The Hall–Kier alpha value is -2.64. The Bertz CT molecular complexity index is 1040.